The first-order chi connectivity index (χ1) is 8.61. The van der Waals surface area contributed by atoms with Gasteiger partial charge in [0.1, 0.15) is 0 Å². The highest BCUT2D eigenvalue weighted by atomic mass is 79.9. The highest BCUT2D eigenvalue weighted by Crippen LogP contribution is 2.33. The highest BCUT2D eigenvalue weighted by molar-refractivity contribution is 9.09. The normalized spacial score (nSPS) is 24.2. The first kappa shape index (κ1) is 16.0. The zero-order valence-electron chi connectivity index (χ0n) is 11.8. The number of esters is 1. The van der Waals surface area contributed by atoms with E-state index in [1.54, 1.807) is 0 Å². The SMILES string of the molecule is CC(C)OC(=O)CCC1CCC(CCCBr)CC1. The summed E-state index contributed by atoms with van der Waals surface area (Å²) < 4.78 is 5.17. The average molecular weight is 319 g/mol. The molecule has 0 aromatic carbocycles. The number of alkyl halides is 1. The van der Waals surface area contributed by atoms with Gasteiger partial charge < -0.3 is 4.74 Å². The third-order valence-electron chi connectivity index (χ3n) is 3.84. The van der Waals surface area contributed by atoms with Gasteiger partial charge in [-0.3, -0.25) is 4.79 Å². The Morgan fingerprint density at radius 1 is 1.17 bits per heavy atom. The summed E-state index contributed by atoms with van der Waals surface area (Å²) >= 11 is 3.50. The summed E-state index contributed by atoms with van der Waals surface area (Å²) in [5.41, 5.74) is 0. The molecule has 1 aliphatic rings. The second-order valence-corrected chi connectivity index (χ2v) is 6.59. The molecule has 1 rings (SSSR count). The van der Waals surface area contributed by atoms with Crippen LogP contribution in [0.25, 0.3) is 0 Å². The van der Waals surface area contributed by atoms with Gasteiger partial charge in [-0.2, -0.15) is 0 Å². The maximum atomic E-state index is 11.5. The molecule has 0 radical (unpaired) electrons. The fourth-order valence-electron chi connectivity index (χ4n) is 2.82. The van der Waals surface area contributed by atoms with Crippen LogP contribution in [-0.4, -0.2) is 17.4 Å². The zero-order chi connectivity index (χ0) is 13.4. The van der Waals surface area contributed by atoms with Gasteiger partial charge in [0.2, 0.25) is 0 Å². The van der Waals surface area contributed by atoms with E-state index in [1.807, 2.05) is 13.8 Å². The fraction of sp³-hybridized carbons (Fsp3) is 0.933. The first-order valence-electron chi connectivity index (χ1n) is 7.37. The number of hydrogen-bond acceptors (Lipinski definition) is 2. The molecule has 0 aliphatic heterocycles. The van der Waals surface area contributed by atoms with Crippen LogP contribution in [0, 0.1) is 11.8 Å². The molecule has 2 nitrogen and oxygen atoms in total. The summed E-state index contributed by atoms with van der Waals surface area (Å²) in [4.78, 5) is 11.5. The van der Waals surface area contributed by atoms with Crippen LogP contribution in [-0.2, 0) is 9.53 Å². The highest BCUT2D eigenvalue weighted by Gasteiger charge is 2.21. The van der Waals surface area contributed by atoms with Gasteiger partial charge in [-0.05, 0) is 44.9 Å². The van der Waals surface area contributed by atoms with Crippen molar-refractivity contribution in [1.29, 1.82) is 0 Å². The Kier molecular flexibility index (Phi) is 7.96. The second kappa shape index (κ2) is 8.95. The third kappa shape index (κ3) is 6.77. The van der Waals surface area contributed by atoms with Crippen LogP contribution in [0.3, 0.4) is 0 Å². The molecule has 0 amide bonds. The van der Waals surface area contributed by atoms with Crippen molar-refractivity contribution >= 4 is 21.9 Å². The van der Waals surface area contributed by atoms with Gasteiger partial charge in [0.25, 0.3) is 0 Å². The zero-order valence-corrected chi connectivity index (χ0v) is 13.4. The molecule has 0 unspecified atom stereocenters. The molecule has 0 bridgehead atoms. The van der Waals surface area contributed by atoms with Crippen LogP contribution in [0.5, 0.6) is 0 Å². The van der Waals surface area contributed by atoms with Crippen molar-refractivity contribution in [3.05, 3.63) is 0 Å². The number of rotatable bonds is 7. The molecular formula is C15H27BrO2. The Bertz CT molecular complexity index is 233. The Morgan fingerprint density at radius 3 is 2.22 bits per heavy atom. The van der Waals surface area contributed by atoms with E-state index in [0.29, 0.717) is 6.42 Å². The largest absolute Gasteiger partial charge is 0.463 e. The van der Waals surface area contributed by atoms with Crippen LogP contribution in [0.4, 0.5) is 0 Å². The molecule has 0 saturated heterocycles. The minimum Gasteiger partial charge on any atom is -0.463 e. The topological polar surface area (TPSA) is 26.3 Å². The van der Waals surface area contributed by atoms with Gasteiger partial charge in [0.05, 0.1) is 6.10 Å². The van der Waals surface area contributed by atoms with Crippen LogP contribution >= 0.6 is 15.9 Å². The van der Waals surface area contributed by atoms with Crippen LogP contribution < -0.4 is 0 Å². The number of halogens is 1. The quantitative estimate of drug-likeness (QED) is 0.502. The van der Waals surface area contributed by atoms with E-state index in [9.17, 15) is 4.79 Å². The van der Waals surface area contributed by atoms with E-state index in [-0.39, 0.29) is 12.1 Å². The lowest BCUT2D eigenvalue weighted by molar-refractivity contribution is -0.147. The predicted octanol–water partition coefficient (Wildman–Crippen LogP) is 4.70. The molecule has 1 aliphatic carbocycles. The van der Waals surface area contributed by atoms with E-state index >= 15 is 0 Å². The number of ether oxygens (including phenoxy) is 1. The number of carbonyl (C=O) groups is 1. The fourth-order valence-corrected chi connectivity index (χ4v) is 3.14. The van der Waals surface area contributed by atoms with Crippen molar-refractivity contribution in [1.82, 2.24) is 0 Å². The lowest BCUT2D eigenvalue weighted by atomic mass is 9.78. The molecule has 0 spiro atoms. The van der Waals surface area contributed by atoms with Gasteiger partial charge >= 0.3 is 5.97 Å². The lowest BCUT2D eigenvalue weighted by Crippen LogP contribution is -2.17. The summed E-state index contributed by atoms with van der Waals surface area (Å²) in [6.45, 7) is 3.82. The van der Waals surface area contributed by atoms with Crippen molar-refractivity contribution in [2.24, 2.45) is 11.8 Å². The molecule has 0 atom stereocenters. The van der Waals surface area contributed by atoms with Crippen molar-refractivity contribution in [2.75, 3.05) is 5.33 Å². The van der Waals surface area contributed by atoms with Crippen molar-refractivity contribution < 1.29 is 9.53 Å². The molecule has 0 heterocycles. The van der Waals surface area contributed by atoms with E-state index in [1.165, 1.54) is 38.5 Å². The Hall–Kier alpha value is -0.0500. The number of hydrogen-bond donors (Lipinski definition) is 0. The predicted molar refractivity (Wildman–Crippen MR) is 78.9 cm³/mol. The van der Waals surface area contributed by atoms with Gasteiger partial charge in [0.15, 0.2) is 0 Å². The molecule has 1 fully saturated rings. The van der Waals surface area contributed by atoms with Gasteiger partial charge in [-0.25, -0.2) is 0 Å². The first-order valence-corrected chi connectivity index (χ1v) is 8.49. The standard InChI is InChI=1S/C15H27BrO2/c1-12(2)18-15(17)10-9-14-7-5-13(6-8-14)4-3-11-16/h12-14H,3-11H2,1-2H3. The molecule has 0 aromatic rings. The molecular weight excluding hydrogens is 292 g/mol. The monoisotopic (exact) mass is 318 g/mol. The molecule has 3 heteroatoms. The molecule has 106 valence electrons. The Balaban J connectivity index is 2.10. The maximum absolute atomic E-state index is 11.5. The summed E-state index contributed by atoms with van der Waals surface area (Å²) in [6, 6.07) is 0. The minimum atomic E-state index is -0.0218. The smallest absolute Gasteiger partial charge is 0.306 e. The van der Waals surface area contributed by atoms with Gasteiger partial charge in [0, 0.05) is 11.8 Å². The van der Waals surface area contributed by atoms with Crippen molar-refractivity contribution in [2.45, 2.75) is 71.3 Å². The molecule has 0 N–H and O–H groups in total. The summed E-state index contributed by atoms with van der Waals surface area (Å²) in [6.07, 6.45) is 9.66. The van der Waals surface area contributed by atoms with Gasteiger partial charge in [-0.15, -0.1) is 0 Å². The van der Waals surface area contributed by atoms with Crippen molar-refractivity contribution in [3.63, 3.8) is 0 Å². The van der Waals surface area contributed by atoms with E-state index in [4.69, 9.17) is 4.74 Å². The van der Waals surface area contributed by atoms with Crippen LogP contribution in [0.1, 0.15) is 65.2 Å². The van der Waals surface area contributed by atoms with Crippen LogP contribution in [0.15, 0.2) is 0 Å². The summed E-state index contributed by atoms with van der Waals surface area (Å²) in [5, 5.41) is 1.13. The van der Waals surface area contributed by atoms with Gasteiger partial charge in [-0.1, -0.05) is 41.6 Å². The minimum absolute atomic E-state index is 0.0218. The van der Waals surface area contributed by atoms with E-state index in [0.717, 1.165) is 23.6 Å². The second-order valence-electron chi connectivity index (χ2n) is 5.80. The number of carbonyl (C=O) groups excluding carboxylic acids is 1. The molecule has 0 aromatic heterocycles. The maximum Gasteiger partial charge on any atom is 0.306 e. The Labute approximate surface area is 120 Å². The van der Waals surface area contributed by atoms with E-state index < -0.39 is 0 Å². The summed E-state index contributed by atoms with van der Waals surface area (Å²) in [5.74, 6) is 1.66. The molecule has 18 heavy (non-hydrogen) atoms. The van der Waals surface area contributed by atoms with Crippen molar-refractivity contribution in [3.8, 4) is 0 Å². The Morgan fingerprint density at radius 2 is 1.72 bits per heavy atom. The average Bonchev–Trinajstić information content (AvgIpc) is 2.34. The third-order valence-corrected chi connectivity index (χ3v) is 4.40. The lowest BCUT2D eigenvalue weighted by Gasteiger charge is -2.28. The van der Waals surface area contributed by atoms with E-state index in [2.05, 4.69) is 15.9 Å². The van der Waals surface area contributed by atoms with Crippen LogP contribution in [0.2, 0.25) is 0 Å². The molecule has 1 saturated carbocycles. The summed E-state index contributed by atoms with van der Waals surface area (Å²) in [7, 11) is 0.